The Balaban J connectivity index is 0.874. The SMILES string of the molecule is C/[N+](=C/C1CCC(NC(=O)NC2Cc3ccc(C#N)cc3C2)CC1)c1nccc(Nc2cc(C3CC4(CC4)C3)[nH]n2)n1. The standard InChI is InChI=1S/C32H37N9O/c1-41(30-34-11-8-28(38-30)37-29-15-27(39-40-29)24-16-32(17-24)9-10-32)19-20-3-6-25(7-4-20)35-31(42)36-26-13-22-5-2-21(18-33)12-23(22)14-26/h2,5,8,11-12,15,19-20,24-26H,3-4,6-7,9-10,13-14,16-17H2,1H3,(H3-,34,35,36,37,38,39,40,42)/p+1/b41-19-. The van der Waals surface area contributed by atoms with Crippen molar-refractivity contribution in [3.63, 3.8) is 0 Å². The zero-order valence-corrected chi connectivity index (χ0v) is 24.1. The number of aromatic amines is 1. The van der Waals surface area contributed by atoms with Gasteiger partial charge in [0.25, 0.3) is 0 Å². The summed E-state index contributed by atoms with van der Waals surface area (Å²) in [6.45, 7) is 0. The molecule has 7 rings (SSSR count). The summed E-state index contributed by atoms with van der Waals surface area (Å²) in [6, 6.07) is 12.1. The van der Waals surface area contributed by atoms with Gasteiger partial charge in [0.1, 0.15) is 6.20 Å². The number of nitrogens with zero attached hydrogens (tertiary/aromatic N) is 5. The largest absolute Gasteiger partial charge is 0.434 e. The molecule has 2 heterocycles. The third kappa shape index (κ3) is 5.73. The van der Waals surface area contributed by atoms with E-state index in [1.807, 2.05) is 35.9 Å². The third-order valence-corrected chi connectivity index (χ3v) is 9.71. The van der Waals surface area contributed by atoms with Crippen molar-refractivity contribution in [1.82, 2.24) is 30.8 Å². The van der Waals surface area contributed by atoms with Crippen LogP contribution in [0.4, 0.5) is 22.4 Å². The van der Waals surface area contributed by atoms with Gasteiger partial charge in [-0.3, -0.25) is 5.10 Å². The van der Waals surface area contributed by atoms with Crippen molar-refractivity contribution in [3.05, 3.63) is 58.9 Å². The summed E-state index contributed by atoms with van der Waals surface area (Å²) in [6.07, 6.45) is 14.8. The van der Waals surface area contributed by atoms with Crippen molar-refractivity contribution in [1.29, 1.82) is 5.26 Å². The summed E-state index contributed by atoms with van der Waals surface area (Å²) in [7, 11) is 1.99. The lowest BCUT2D eigenvalue weighted by atomic mass is 9.70. The Morgan fingerprint density at radius 3 is 2.62 bits per heavy atom. The maximum Gasteiger partial charge on any atom is 0.434 e. The van der Waals surface area contributed by atoms with Gasteiger partial charge in [0.15, 0.2) is 5.82 Å². The van der Waals surface area contributed by atoms with Gasteiger partial charge in [-0.1, -0.05) is 11.1 Å². The zero-order chi connectivity index (χ0) is 28.7. The number of hydrogen-bond acceptors (Lipinski definition) is 6. The molecule has 0 aliphatic heterocycles. The molecule has 2 aromatic heterocycles. The predicted octanol–water partition coefficient (Wildman–Crippen LogP) is 4.84. The number of urea groups is 1. The topological polar surface area (TPSA) is 134 Å². The van der Waals surface area contributed by atoms with Crippen LogP contribution < -0.4 is 16.0 Å². The average Bonchev–Trinajstić information content (AvgIpc) is 3.49. The van der Waals surface area contributed by atoms with Crippen LogP contribution in [0.25, 0.3) is 0 Å². The molecule has 4 aliphatic carbocycles. The molecule has 1 aromatic carbocycles. The van der Waals surface area contributed by atoms with Crippen molar-refractivity contribution in [2.45, 2.75) is 82.2 Å². The molecule has 1 unspecified atom stereocenters. The average molecular weight is 565 g/mol. The number of carbonyl (C=O) groups excluding carboxylic acids is 1. The summed E-state index contributed by atoms with van der Waals surface area (Å²) in [4.78, 5) is 21.9. The van der Waals surface area contributed by atoms with Gasteiger partial charge < -0.3 is 16.0 Å². The van der Waals surface area contributed by atoms with Crippen LogP contribution >= 0.6 is 0 Å². The number of amides is 2. The summed E-state index contributed by atoms with van der Waals surface area (Å²) >= 11 is 0. The summed E-state index contributed by atoms with van der Waals surface area (Å²) < 4.78 is 2.01. The van der Waals surface area contributed by atoms with Gasteiger partial charge in [0.05, 0.1) is 18.7 Å². The molecule has 10 nitrogen and oxygen atoms in total. The van der Waals surface area contributed by atoms with Crippen molar-refractivity contribution in [2.24, 2.45) is 11.3 Å². The highest BCUT2D eigenvalue weighted by Gasteiger charge is 2.53. The van der Waals surface area contributed by atoms with Crippen LogP contribution in [0.15, 0.2) is 36.5 Å². The van der Waals surface area contributed by atoms with E-state index in [2.05, 4.69) is 49.5 Å². The first kappa shape index (κ1) is 26.6. The van der Waals surface area contributed by atoms with Crippen molar-refractivity contribution in [2.75, 3.05) is 12.4 Å². The molecule has 1 atom stereocenters. The van der Waals surface area contributed by atoms with Crippen LogP contribution in [0.1, 0.15) is 79.7 Å². The highest BCUT2D eigenvalue weighted by molar-refractivity contribution is 5.75. The van der Waals surface area contributed by atoms with E-state index in [1.165, 1.54) is 36.9 Å². The Hall–Kier alpha value is -4.26. The lowest BCUT2D eigenvalue weighted by Crippen LogP contribution is -2.47. The Morgan fingerprint density at radius 2 is 1.83 bits per heavy atom. The van der Waals surface area contributed by atoms with Crippen molar-refractivity contribution >= 4 is 29.8 Å². The quantitative estimate of drug-likeness (QED) is 0.240. The summed E-state index contributed by atoms with van der Waals surface area (Å²) in [5.74, 6) is 3.17. The minimum atomic E-state index is -0.0980. The van der Waals surface area contributed by atoms with Gasteiger partial charge in [-0.25, -0.2) is 9.37 Å². The van der Waals surface area contributed by atoms with E-state index >= 15 is 0 Å². The van der Waals surface area contributed by atoms with Crippen LogP contribution in [0.2, 0.25) is 0 Å². The van der Waals surface area contributed by atoms with Crippen molar-refractivity contribution < 1.29 is 9.37 Å². The molecule has 10 heteroatoms. The normalized spacial score (nSPS) is 24.4. The molecule has 4 N–H and O–H groups in total. The number of hydrogen-bond donors (Lipinski definition) is 4. The third-order valence-electron chi connectivity index (χ3n) is 9.71. The zero-order valence-electron chi connectivity index (χ0n) is 24.1. The molecule has 2 amide bonds. The highest BCUT2D eigenvalue weighted by Crippen LogP contribution is 2.66. The Morgan fingerprint density at radius 1 is 1.05 bits per heavy atom. The molecule has 4 aliphatic rings. The van der Waals surface area contributed by atoms with E-state index < -0.39 is 0 Å². The van der Waals surface area contributed by atoms with Gasteiger partial charge in [-0.2, -0.15) is 10.4 Å². The minimum absolute atomic E-state index is 0.0743. The number of H-pyrrole nitrogens is 1. The molecule has 1 spiro atoms. The van der Waals surface area contributed by atoms with Crippen LogP contribution in [-0.2, 0) is 12.8 Å². The van der Waals surface area contributed by atoms with Crippen LogP contribution in [0.3, 0.4) is 0 Å². The molecule has 216 valence electrons. The van der Waals surface area contributed by atoms with E-state index in [-0.39, 0.29) is 18.1 Å². The van der Waals surface area contributed by atoms with E-state index in [9.17, 15) is 4.79 Å². The maximum atomic E-state index is 12.7. The number of rotatable bonds is 7. The first-order valence-corrected chi connectivity index (χ1v) is 15.3. The second kappa shape index (κ2) is 10.9. The maximum absolute atomic E-state index is 12.7. The number of fused-ring (bicyclic) bond motifs is 1. The number of anilines is 2. The predicted molar refractivity (Wildman–Crippen MR) is 159 cm³/mol. The molecule has 42 heavy (non-hydrogen) atoms. The fourth-order valence-electron chi connectivity index (χ4n) is 7.12. The molecular weight excluding hydrogens is 526 g/mol. The van der Waals surface area contributed by atoms with Gasteiger partial charge >= 0.3 is 12.0 Å². The van der Waals surface area contributed by atoms with E-state index in [4.69, 9.17) is 10.2 Å². The molecule has 0 bridgehead atoms. The van der Waals surface area contributed by atoms with Crippen LogP contribution in [-0.4, -0.2) is 56.1 Å². The second-order valence-corrected chi connectivity index (χ2v) is 12.9. The number of aromatic nitrogens is 4. The minimum Gasteiger partial charge on any atom is -0.335 e. The molecular formula is C32H38N9O+. The van der Waals surface area contributed by atoms with Gasteiger partial charge in [-0.05, 0) is 97.9 Å². The molecule has 3 aromatic rings. The van der Waals surface area contributed by atoms with Gasteiger partial charge in [0.2, 0.25) is 5.82 Å². The molecule has 3 saturated carbocycles. The number of nitriles is 1. The second-order valence-electron chi connectivity index (χ2n) is 12.9. The lowest BCUT2D eigenvalue weighted by molar-refractivity contribution is -0.411. The molecule has 3 fully saturated rings. The Bertz CT molecular complexity index is 1550. The monoisotopic (exact) mass is 564 g/mol. The van der Waals surface area contributed by atoms with Gasteiger partial charge in [-0.15, -0.1) is 0 Å². The molecule has 0 radical (unpaired) electrons. The molecule has 0 saturated heterocycles. The Labute approximate surface area is 246 Å². The summed E-state index contributed by atoms with van der Waals surface area (Å²) in [5, 5.41) is 26.5. The lowest BCUT2D eigenvalue weighted by Gasteiger charge is -2.34. The van der Waals surface area contributed by atoms with E-state index in [0.29, 0.717) is 28.8 Å². The fraction of sp³-hybridized carbons (Fsp3) is 0.500. The van der Waals surface area contributed by atoms with Crippen LogP contribution in [0.5, 0.6) is 0 Å². The van der Waals surface area contributed by atoms with Crippen LogP contribution in [0, 0.1) is 22.7 Å². The Kier molecular flexibility index (Phi) is 6.88. The highest BCUT2D eigenvalue weighted by atomic mass is 16.2. The smallest absolute Gasteiger partial charge is 0.335 e. The fourth-order valence-corrected chi connectivity index (χ4v) is 7.12. The number of benzene rings is 1. The first-order chi connectivity index (χ1) is 20.4. The summed E-state index contributed by atoms with van der Waals surface area (Å²) in [5.41, 5.74) is 4.94. The first-order valence-electron chi connectivity index (χ1n) is 15.3. The van der Waals surface area contributed by atoms with E-state index in [0.717, 1.165) is 55.7 Å². The van der Waals surface area contributed by atoms with Crippen molar-refractivity contribution in [3.8, 4) is 6.07 Å². The number of nitrogens with one attached hydrogen (secondary N) is 4. The van der Waals surface area contributed by atoms with E-state index in [1.54, 1.807) is 6.20 Å². The number of carbonyl (C=O) groups is 1. The van der Waals surface area contributed by atoms with Gasteiger partial charge in [0, 0.05) is 48.0 Å².